The number of hydrogen-bond donors (Lipinski definition) is 1. The van der Waals surface area contributed by atoms with Crippen LogP contribution in [-0.4, -0.2) is 16.5 Å². The van der Waals surface area contributed by atoms with Crippen molar-refractivity contribution in [2.75, 3.05) is 0 Å². The third-order valence-electron chi connectivity index (χ3n) is 5.88. The Labute approximate surface area is 110 Å². The fourth-order valence-corrected chi connectivity index (χ4v) is 4.86. The molecule has 102 valence electrons. The number of ether oxygens (including phenoxy) is 1. The van der Waals surface area contributed by atoms with Gasteiger partial charge in [0.05, 0.1) is 5.60 Å². The van der Waals surface area contributed by atoms with Gasteiger partial charge in [-0.05, 0) is 38.0 Å². The molecular weight excluding hydrogens is 224 g/mol. The van der Waals surface area contributed by atoms with E-state index in [1.807, 2.05) is 0 Å². The third kappa shape index (κ3) is 1.42. The summed E-state index contributed by atoms with van der Waals surface area (Å²) in [5, 5.41) is 10.9. The molecule has 2 saturated heterocycles. The van der Waals surface area contributed by atoms with Crippen LogP contribution in [-0.2, 0) is 4.74 Å². The number of rotatable bonds is 1. The van der Waals surface area contributed by atoms with E-state index in [0.717, 1.165) is 12.8 Å². The lowest BCUT2D eigenvalue weighted by atomic mass is 9.77. The van der Waals surface area contributed by atoms with Gasteiger partial charge in [0, 0.05) is 18.3 Å². The Balaban J connectivity index is 2.06. The molecule has 2 heteroatoms. The number of hydrogen-bond acceptors (Lipinski definition) is 2. The van der Waals surface area contributed by atoms with E-state index in [9.17, 15) is 5.11 Å². The van der Waals surface area contributed by atoms with Gasteiger partial charge in [-0.2, -0.15) is 0 Å². The zero-order valence-corrected chi connectivity index (χ0v) is 12.1. The van der Waals surface area contributed by atoms with Crippen molar-refractivity contribution in [1.29, 1.82) is 0 Å². The molecule has 3 fully saturated rings. The Morgan fingerprint density at radius 1 is 1.39 bits per heavy atom. The topological polar surface area (TPSA) is 29.5 Å². The summed E-state index contributed by atoms with van der Waals surface area (Å²) in [5.74, 6) is 1.01. The van der Waals surface area contributed by atoms with E-state index in [-0.39, 0.29) is 11.5 Å². The highest BCUT2D eigenvalue weighted by atomic mass is 16.6. The van der Waals surface area contributed by atoms with Crippen molar-refractivity contribution in [3.05, 3.63) is 11.6 Å². The van der Waals surface area contributed by atoms with Gasteiger partial charge in [0.15, 0.2) is 5.79 Å². The van der Waals surface area contributed by atoms with Crippen LogP contribution in [0.15, 0.2) is 11.6 Å². The summed E-state index contributed by atoms with van der Waals surface area (Å²) in [5.41, 5.74) is 1.38. The summed E-state index contributed by atoms with van der Waals surface area (Å²) in [6.45, 7) is 8.85. The number of fused-ring (bicyclic) bond motifs is 1. The number of aliphatic hydroxyl groups is 1. The average Bonchev–Trinajstić information content (AvgIpc) is 2.75. The van der Waals surface area contributed by atoms with Crippen LogP contribution >= 0.6 is 0 Å². The van der Waals surface area contributed by atoms with Crippen molar-refractivity contribution in [3.63, 3.8) is 0 Å². The van der Waals surface area contributed by atoms with Gasteiger partial charge in [-0.15, -0.1) is 0 Å². The molecule has 2 bridgehead atoms. The highest BCUT2D eigenvalue weighted by molar-refractivity contribution is 5.26. The molecule has 2 heterocycles. The molecule has 1 N–H and O–H groups in total. The molecule has 0 amide bonds. The van der Waals surface area contributed by atoms with Crippen LogP contribution in [0, 0.1) is 23.7 Å². The van der Waals surface area contributed by atoms with E-state index in [1.165, 1.54) is 18.4 Å². The van der Waals surface area contributed by atoms with Gasteiger partial charge >= 0.3 is 0 Å². The Morgan fingerprint density at radius 3 is 2.72 bits per heavy atom. The van der Waals surface area contributed by atoms with Crippen molar-refractivity contribution >= 4 is 0 Å². The van der Waals surface area contributed by atoms with Crippen LogP contribution in [0.2, 0.25) is 0 Å². The molecule has 3 rings (SSSR count). The highest BCUT2D eigenvalue weighted by Gasteiger charge is 2.66. The summed E-state index contributed by atoms with van der Waals surface area (Å²) in [4.78, 5) is 0. The van der Waals surface area contributed by atoms with E-state index in [2.05, 4.69) is 33.8 Å². The average molecular weight is 250 g/mol. The molecule has 0 aromatic heterocycles. The molecule has 2 nitrogen and oxygen atoms in total. The Morgan fingerprint density at radius 2 is 2.11 bits per heavy atom. The van der Waals surface area contributed by atoms with Gasteiger partial charge in [-0.3, -0.25) is 0 Å². The minimum atomic E-state index is -0.898. The fourth-order valence-electron chi connectivity index (χ4n) is 4.86. The van der Waals surface area contributed by atoms with Crippen LogP contribution in [0.1, 0.15) is 53.4 Å². The quantitative estimate of drug-likeness (QED) is 0.722. The predicted octanol–water partition coefficient (Wildman–Crippen LogP) is 3.50. The molecule has 2 aliphatic heterocycles. The van der Waals surface area contributed by atoms with Gasteiger partial charge in [0.1, 0.15) is 0 Å². The van der Waals surface area contributed by atoms with E-state index < -0.39 is 5.79 Å². The Bertz CT molecular complexity index is 387. The van der Waals surface area contributed by atoms with Crippen LogP contribution in [0.25, 0.3) is 0 Å². The fraction of sp³-hybridized carbons (Fsp3) is 0.875. The van der Waals surface area contributed by atoms with E-state index in [1.54, 1.807) is 0 Å². The van der Waals surface area contributed by atoms with Crippen molar-refractivity contribution in [2.24, 2.45) is 23.7 Å². The normalized spacial score (nSPS) is 53.2. The second-order valence-electron chi connectivity index (χ2n) is 7.03. The van der Waals surface area contributed by atoms with Crippen molar-refractivity contribution in [2.45, 2.75) is 64.8 Å². The lowest BCUT2D eigenvalue weighted by Gasteiger charge is -2.44. The zero-order valence-electron chi connectivity index (χ0n) is 12.1. The first kappa shape index (κ1) is 12.7. The van der Waals surface area contributed by atoms with E-state index >= 15 is 0 Å². The van der Waals surface area contributed by atoms with Crippen LogP contribution < -0.4 is 0 Å². The van der Waals surface area contributed by atoms with Crippen LogP contribution in [0.4, 0.5) is 0 Å². The molecule has 3 aliphatic rings. The van der Waals surface area contributed by atoms with Gasteiger partial charge in [-0.25, -0.2) is 0 Å². The molecule has 1 spiro atoms. The number of allylic oxidation sites excluding steroid dienone is 1. The molecule has 0 radical (unpaired) electrons. The molecule has 0 aromatic carbocycles. The van der Waals surface area contributed by atoms with Crippen molar-refractivity contribution < 1.29 is 9.84 Å². The Kier molecular flexibility index (Phi) is 2.70. The second kappa shape index (κ2) is 3.83. The summed E-state index contributed by atoms with van der Waals surface area (Å²) >= 11 is 0. The van der Waals surface area contributed by atoms with Crippen molar-refractivity contribution in [1.82, 2.24) is 0 Å². The maximum absolute atomic E-state index is 10.9. The molecule has 0 aromatic rings. The highest BCUT2D eigenvalue weighted by Crippen LogP contribution is 2.63. The summed E-state index contributed by atoms with van der Waals surface area (Å²) < 4.78 is 6.33. The smallest absolute Gasteiger partial charge is 0.173 e. The maximum atomic E-state index is 10.9. The third-order valence-corrected chi connectivity index (χ3v) is 5.88. The molecule has 1 aliphatic carbocycles. The van der Waals surface area contributed by atoms with Crippen LogP contribution in [0.3, 0.4) is 0 Å². The van der Waals surface area contributed by atoms with Gasteiger partial charge < -0.3 is 9.84 Å². The summed E-state index contributed by atoms with van der Waals surface area (Å²) in [6, 6.07) is 0. The van der Waals surface area contributed by atoms with Crippen molar-refractivity contribution in [3.8, 4) is 0 Å². The molecule has 5 atom stereocenters. The first-order valence-corrected chi connectivity index (χ1v) is 7.50. The zero-order chi connectivity index (χ0) is 13.1. The first-order chi connectivity index (χ1) is 8.43. The van der Waals surface area contributed by atoms with E-state index in [0.29, 0.717) is 17.8 Å². The van der Waals surface area contributed by atoms with Gasteiger partial charge in [0.2, 0.25) is 0 Å². The lowest BCUT2D eigenvalue weighted by molar-refractivity contribution is -0.269. The monoisotopic (exact) mass is 250 g/mol. The standard InChI is InChI=1S/C16H26O2/c1-5-12-8-16(17)14(10(2)3)9-15(18-16)11(4)6-7-13(12)15/h5,10-11,13-14,17H,6-9H2,1-4H3/b12-5+. The molecule has 1 saturated carbocycles. The maximum Gasteiger partial charge on any atom is 0.173 e. The lowest BCUT2D eigenvalue weighted by Crippen LogP contribution is -2.48. The molecular formula is C16H26O2. The minimum Gasteiger partial charge on any atom is -0.365 e. The second-order valence-corrected chi connectivity index (χ2v) is 7.03. The van der Waals surface area contributed by atoms with Gasteiger partial charge in [-0.1, -0.05) is 32.4 Å². The van der Waals surface area contributed by atoms with Crippen LogP contribution in [0.5, 0.6) is 0 Å². The first-order valence-electron chi connectivity index (χ1n) is 7.50. The summed E-state index contributed by atoms with van der Waals surface area (Å²) in [6.07, 6.45) is 6.48. The SMILES string of the molecule is C/C=C1\CC2(O)OC3(CC2C(C)C)C(C)CCC13. The predicted molar refractivity (Wildman–Crippen MR) is 72.0 cm³/mol. The van der Waals surface area contributed by atoms with E-state index in [4.69, 9.17) is 4.74 Å². The Hall–Kier alpha value is -0.340. The summed E-state index contributed by atoms with van der Waals surface area (Å²) in [7, 11) is 0. The van der Waals surface area contributed by atoms with Gasteiger partial charge in [0.25, 0.3) is 0 Å². The molecule has 18 heavy (non-hydrogen) atoms. The minimum absolute atomic E-state index is 0.0657. The largest absolute Gasteiger partial charge is 0.365 e. The molecule has 5 unspecified atom stereocenters.